The molecule has 1 aromatic heterocycles. The monoisotopic (exact) mass is 237 g/mol. The molecule has 2 heterocycles. The number of hydrogen-bond acceptors (Lipinski definition) is 4. The van der Waals surface area contributed by atoms with Crippen molar-refractivity contribution in [1.29, 1.82) is 0 Å². The van der Waals surface area contributed by atoms with Crippen LogP contribution in [0.2, 0.25) is 0 Å². The zero-order valence-electron chi connectivity index (χ0n) is 10.2. The van der Waals surface area contributed by atoms with Crippen molar-refractivity contribution in [3.63, 3.8) is 0 Å². The zero-order chi connectivity index (χ0) is 12.3. The SMILES string of the molecule is CCC(=O)N1CCCC(n2cc(CN)nn2)C1. The van der Waals surface area contributed by atoms with Crippen LogP contribution in [0.15, 0.2) is 6.20 Å². The Hall–Kier alpha value is -1.43. The summed E-state index contributed by atoms with van der Waals surface area (Å²) >= 11 is 0. The summed E-state index contributed by atoms with van der Waals surface area (Å²) in [7, 11) is 0. The lowest BCUT2D eigenvalue weighted by Gasteiger charge is -2.32. The maximum Gasteiger partial charge on any atom is 0.222 e. The number of likely N-dealkylation sites (tertiary alicyclic amines) is 1. The highest BCUT2D eigenvalue weighted by Gasteiger charge is 2.24. The number of amides is 1. The van der Waals surface area contributed by atoms with Crippen LogP contribution in [-0.2, 0) is 11.3 Å². The van der Waals surface area contributed by atoms with E-state index in [4.69, 9.17) is 5.73 Å². The molecule has 0 aromatic carbocycles. The van der Waals surface area contributed by atoms with Gasteiger partial charge in [0.1, 0.15) is 0 Å². The highest BCUT2D eigenvalue weighted by molar-refractivity contribution is 5.75. The minimum absolute atomic E-state index is 0.217. The summed E-state index contributed by atoms with van der Waals surface area (Å²) in [4.78, 5) is 13.6. The zero-order valence-corrected chi connectivity index (χ0v) is 10.2. The molecule has 2 N–H and O–H groups in total. The topological polar surface area (TPSA) is 77.0 Å². The summed E-state index contributed by atoms with van der Waals surface area (Å²) in [5, 5.41) is 8.06. The summed E-state index contributed by atoms with van der Waals surface area (Å²) in [5.74, 6) is 0.217. The summed E-state index contributed by atoms with van der Waals surface area (Å²) in [5.41, 5.74) is 6.30. The second kappa shape index (κ2) is 5.27. The van der Waals surface area contributed by atoms with Gasteiger partial charge in [-0.1, -0.05) is 12.1 Å². The third-order valence-electron chi connectivity index (χ3n) is 3.19. The molecule has 1 fully saturated rings. The number of nitrogens with two attached hydrogens (primary N) is 1. The predicted molar refractivity (Wildman–Crippen MR) is 63.1 cm³/mol. The van der Waals surface area contributed by atoms with Gasteiger partial charge >= 0.3 is 0 Å². The molecular formula is C11H19N5O. The van der Waals surface area contributed by atoms with Crippen molar-refractivity contribution < 1.29 is 4.79 Å². The van der Waals surface area contributed by atoms with E-state index in [1.54, 1.807) is 0 Å². The first-order chi connectivity index (χ1) is 8.24. The Morgan fingerprint density at radius 3 is 3.12 bits per heavy atom. The second-order valence-corrected chi connectivity index (χ2v) is 4.38. The predicted octanol–water partition coefficient (Wildman–Crippen LogP) is 0.310. The van der Waals surface area contributed by atoms with Crippen LogP contribution in [0.5, 0.6) is 0 Å². The van der Waals surface area contributed by atoms with Crippen molar-refractivity contribution in [2.45, 2.75) is 38.8 Å². The van der Waals surface area contributed by atoms with Crippen molar-refractivity contribution in [1.82, 2.24) is 19.9 Å². The van der Waals surface area contributed by atoms with E-state index in [0.717, 1.165) is 31.6 Å². The Kier molecular flexibility index (Phi) is 3.73. The molecule has 6 heteroatoms. The van der Waals surface area contributed by atoms with E-state index >= 15 is 0 Å². The van der Waals surface area contributed by atoms with Crippen molar-refractivity contribution >= 4 is 5.91 Å². The molecule has 0 spiro atoms. The maximum absolute atomic E-state index is 11.7. The first-order valence-electron chi connectivity index (χ1n) is 6.13. The Labute approximate surface area is 101 Å². The minimum atomic E-state index is 0.217. The van der Waals surface area contributed by atoms with E-state index < -0.39 is 0 Å². The molecule has 0 bridgehead atoms. The first-order valence-corrected chi connectivity index (χ1v) is 6.13. The molecule has 1 saturated heterocycles. The van der Waals surface area contributed by atoms with E-state index in [1.807, 2.05) is 22.7 Å². The molecule has 1 aliphatic heterocycles. The third-order valence-corrected chi connectivity index (χ3v) is 3.19. The first kappa shape index (κ1) is 12.0. The van der Waals surface area contributed by atoms with Crippen molar-refractivity contribution in [3.05, 3.63) is 11.9 Å². The van der Waals surface area contributed by atoms with Gasteiger partial charge in [-0.3, -0.25) is 4.79 Å². The highest BCUT2D eigenvalue weighted by Crippen LogP contribution is 2.21. The normalized spacial score (nSPS) is 20.6. The molecule has 1 aliphatic rings. The van der Waals surface area contributed by atoms with Gasteiger partial charge in [0.2, 0.25) is 5.91 Å². The average Bonchev–Trinajstić information content (AvgIpc) is 2.86. The number of aromatic nitrogens is 3. The van der Waals surface area contributed by atoms with Crippen LogP contribution in [0.1, 0.15) is 37.9 Å². The van der Waals surface area contributed by atoms with E-state index in [2.05, 4.69) is 10.3 Å². The largest absolute Gasteiger partial charge is 0.341 e. The Balaban J connectivity index is 2.04. The molecule has 1 unspecified atom stereocenters. The highest BCUT2D eigenvalue weighted by atomic mass is 16.2. The van der Waals surface area contributed by atoms with E-state index in [0.29, 0.717) is 13.0 Å². The molecule has 0 radical (unpaired) electrons. The van der Waals surface area contributed by atoms with Gasteiger partial charge in [0, 0.05) is 26.1 Å². The number of hydrogen-bond donors (Lipinski definition) is 1. The van der Waals surface area contributed by atoms with Gasteiger partial charge in [-0.05, 0) is 12.8 Å². The number of nitrogens with zero attached hydrogens (tertiary/aromatic N) is 4. The number of rotatable bonds is 3. The van der Waals surface area contributed by atoms with Crippen LogP contribution in [0.3, 0.4) is 0 Å². The average molecular weight is 237 g/mol. The lowest BCUT2D eigenvalue weighted by atomic mass is 10.1. The Bertz CT molecular complexity index is 389. The van der Waals surface area contributed by atoms with Gasteiger partial charge in [-0.15, -0.1) is 5.10 Å². The fourth-order valence-electron chi connectivity index (χ4n) is 2.21. The van der Waals surface area contributed by atoms with Gasteiger partial charge in [-0.25, -0.2) is 4.68 Å². The Morgan fingerprint density at radius 1 is 1.65 bits per heavy atom. The third kappa shape index (κ3) is 2.63. The molecule has 1 amide bonds. The quantitative estimate of drug-likeness (QED) is 0.820. The lowest BCUT2D eigenvalue weighted by Crippen LogP contribution is -2.40. The van der Waals surface area contributed by atoms with Crippen LogP contribution in [0, 0.1) is 0 Å². The molecule has 6 nitrogen and oxygen atoms in total. The van der Waals surface area contributed by atoms with Gasteiger partial charge in [0.15, 0.2) is 0 Å². The number of carbonyl (C=O) groups excluding carboxylic acids is 1. The molecule has 94 valence electrons. The standard InChI is InChI=1S/C11H19N5O/c1-2-11(17)15-5-3-4-10(8-15)16-7-9(6-12)13-14-16/h7,10H,2-6,8,12H2,1H3. The van der Waals surface area contributed by atoms with Crippen LogP contribution in [0.25, 0.3) is 0 Å². The summed E-state index contributed by atoms with van der Waals surface area (Å²) in [6, 6.07) is 0.243. The smallest absolute Gasteiger partial charge is 0.222 e. The summed E-state index contributed by atoms with van der Waals surface area (Å²) in [6.45, 7) is 3.90. The van der Waals surface area contributed by atoms with Crippen molar-refractivity contribution in [2.75, 3.05) is 13.1 Å². The van der Waals surface area contributed by atoms with Gasteiger partial charge in [0.05, 0.1) is 17.9 Å². The van der Waals surface area contributed by atoms with Crippen LogP contribution in [0.4, 0.5) is 0 Å². The molecule has 2 rings (SSSR count). The number of carbonyl (C=O) groups is 1. The number of piperidine rings is 1. The minimum Gasteiger partial charge on any atom is -0.341 e. The van der Waals surface area contributed by atoms with Crippen LogP contribution in [-0.4, -0.2) is 38.9 Å². The molecule has 1 aromatic rings. The molecular weight excluding hydrogens is 218 g/mol. The molecule has 17 heavy (non-hydrogen) atoms. The molecule has 1 atom stereocenters. The van der Waals surface area contributed by atoms with E-state index in [9.17, 15) is 4.79 Å². The maximum atomic E-state index is 11.7. The summed E-state index contributed by atoms with van der Waals surface area (Å²) < 4.78 is 1.84. The van der Waals surface area contributed by atoms with E-state index in [1.165, 1.54) is 0 Å². The van der Waals surface area contributed by atoms with Gasteiger partial charge in [0.25, 0.3) is 0 Å². The molecule has 0 aliphatic carbocycles. The second-order valence-electron chi connectivity index (χ2n) is 4.38. The van der Waals surface area contributed by atoms with Crippen molar-refractivity contribution in [3.8, 4) is 0 Å². The van der Waals surface area contributed by atoms with Gasteiger partial charge < -0.3 is 10.6 Å². The van der Waals surface area contributed by atoms with Crippen LogP contribution >= 0.6 is 0 Å². The van der Waals surface area contributed by atoms with Crippen molar-refractivity contribution in [2.24, 2.45) is 5.73 Å². The Morgan fingerprint density at radius 2 is 2.47 bits per heavy atom. The van der Waals surface area contributed by atoms with Gasteiger partial charge in [-0.2, -0.15) is 0 Å². The lowest BCUT2D eigenvalue weighted by molar-refractivity contribution is -0.132. The fraction of sp³-hybridized carbons (Fsp3) is 0.727. The summed E-state index contributed by atoms with van der Waals surface area (Å²) in [6.07, 6.45) is 4.51. The van der Waals surface area contributed by atoms with Crippen LogP contribution < -0.4 is 5.73 Å². The fourth-order valence-corrected chi connectivity index (χ4v) is 2.21. The molecule has 0 saturated carbocycles. The van der Waals surface area contributed by atoms with E-state index in [-0.39, 0.29) is 11.9 Å².